The van der Waals surface area contributed by atoms with Crippen LogP contribution >= 0.6 is 0 Å². The van der Waals surface area contributed by atoms with Crippen LogP contribution in [0, 0.1) is 5.92 Å². The second-order valence-corrected chi connectivity index (χ2v) is 5.72. The van der Waals surface area contributed by atoms with Crippen molar-refractivity contribution >= 4 is 0 Å². The van der Waals surface area contributed by atoms with Crippen molar-refractivity contribution in [2.24, 2.45) is 5.92 Å². The van der Waals surface area contributed by atoms with Gasteiger partial charge in [0.25, 0.3) is 0 Å². The predicted octanol–water partition coefficient (Wildman–Crippen LogP) is 3.84. The molecule has 0 spiro atoms. The van der Waals surface area contributed by atoms with Crippen LogP contribution in [0.2, 0.25) is 0 Å². The van der Waals surface area contributed by atoms with Crippen molar-refractivity contribution in [2.45, 2.75) is 71.3 Å². The van der Waals surface area contributed by atoms with Crippen LogP contribution in [0.5, 0.6) is 0 Å². The lowest BCUT2D eigenvalue weighted by Gasteiger charge is -2.25. The van der Waals surface area contributed by atoms with E-state index in [9.17, 15) is 0 Å². The van der Waals surface area contributed by atoms with Crippen molar-refractivity contribution < 1.29 is 0 Å². The van der Waals surface area contributed by atoms with Crippen LogP contribution in [0.1, 0.15) is 65.2 Å². The number of allylic oxidation sites excluding steroid dienone is 1. The van der Waals surface area contributed by atoms with Gasteiger partial charge >= 0.3 is 0 Å². The summed E-state index contributed by atoms with van der Waals surface area (Å²) >= 11 is 0. The van der Waals surface area contributed by atoms with E-state index in [1.807, 2.05) is 0 Å². The number of nitrogens with one attached hydrogen (secondary N) is 2. The number of rotatable bonds is 7. The van der Waals surface area contributed by atoms with Crippen molar-refractivity contribution in [3.63, 3.8) is 0 Å². The summed E-state index contributed by atoms with van der Waals surface area (Å²) in [5.74, 6) is 0.865. The molecule has 0 aromatic carbocycles. The molecule has 18 heavy (non-hydrogen) atoms. The van der Waals surface area contributed by atoms with E-state index in [1.165, 1.54) is 57.1 Å². The second-order valence-electron chi connectivity index (χ2n) is 5.72. The molecular weight excluding hydrogens is 220 g/mol. The third-order valence-electron chi connectivity index (χ3n) is 3.98. The average molecular weight is 252 g/mol. The fourth-order valence-corrected chi connectivity index (χ4v) is 3.01. The maximum atomic E-state index is 4.16. The largest absolute Gasteiger partial charge is 0.389 e. The van der Waals surface area contributed by atoms with Gasteiger partial charge in [-0.2, -0.15) is 0 Å². The van der Waals surface area contributed by atoms with Gasteiger partial charge in [-0.3, -0.25) is 0 Å². The predicted molar refractivity (Wildman–Crippen MR) is 80.7 cm³/mol. The summed E-state index contributed by atoms with van der Waals surface area (Å²) in [6.07, 6.45) is 10.6. The molecular formula is C16H32N2. The minimum atomic E-state index is 0.775. The van der Waals surface area contributed by atoms with Crippen LogP contribution in [-0.2, 0) is 0 Å². The first-order chi connectivity index (χ1) is 8.76. The Morgan fingerprint density at radius 2 is 1.78 bits per heavy atom. The van der Waals surface area contributed by atoms with E-state index in [4.69, 9.17) is 0 Å². The van der Waals surface area contributed by atoms with E-state index in [0.717, 1.165) is 25.0 Å². The van der Waals surface area contributed by atoms with Crippen molar-refractivity contribution in [1.82, 2.24) is 10.6 Å². The lowest BCUT2D eigenvalue weighted by molar-refractivity contribution is 0.327. The Labute approximate surface area is 114 Å². The SMILES string of the molecule is C=C(CC1CCCC(NCC)CCC1)NCCC. The summed E-state index contributed by atoms with van der Waals surface area (Å²) in [4.78, 5) is 0. The highest BCUT2D eigenvalue weighted by molar-refractivity contribution is 4.93. The number of hydrogen-bond donors (Lipinski definition) is 2. The topological polar surface area (TPSA) is 24.1 Å². The van der Waals surface area contributed by atoms with Gasteiger partial charge in [-0.1, -0.05) is 46.1 Å². The Hall–Kier alpha value is -0.500. The van der Waals surface area contributed by atoms with Crippen LogP contribution < -0.4 is 10.6 Å². The van der Waals surface area contributed by atoms with Gasteiger partial charge in [-0.25, -0.2) is 0 Å². The maximum Gasteiger partial charge on any atom is 0.0141 e. The molecule has 1 aliphatic rings. The molecule has 1 saturated carbocycles. The van der Waals surface area contributed by atoms with Gasteiger partial charge in [0.1, 0.15) is 0 Å². The lowest BCUT2D eigenvalue weighted by Crippen LogP contribution is -2.30. The van der Waals surface area contributed by atoms with Gasteiger partial charge < -0.3 is 10.6 Å². The quantitative estimate of drug-likeness (QED) is 0.719. The van der Waals surface area contributed by atoms with Gasteiger partial charge in [0.2, 0.25) is 0 Å². The third kappa shape index (κ3) is 6.44. The fourth-order valence-electron chi connectivity index (χ4n) is 3.01. The molecule has 0 aromatic rings. The van der Waals surface area contributed by atoms with Crippen LogP contribution in [0.3, 0.4) is 0 Å². The third-order valence-corrected chi connectivity index (χ3v) is 3.98. The van der Waals surface area contributed by atoms with Crippen LogP contribution in [0.4, 0.5) is 0 Å². The van der Waals surface area contributed by atoms with Crippen molar-refractivity contribution in [1.29, 1.82) is 0 Å². The maximum absolute atomic E-state index is 4.16. The molecule has 0 saturated heterocycles. The summed E-state index contributed by atoms with van der Waals surface area (Å²) in [6, 6.07) is 0.775. The molecule has 0 bridgehead atoms. The zero-order valence-corrected chi connectivity index (χ0v) is 12.4. The van der Waals surface area contributed by atoms with Gasteiger partial charge in [0, 0.05) is 18.3 Å². The van der Waals surface area contributed by atoms with E-state index >= 15 is 0 Å². The highest BCUT2D eigenvalue weighted by Crippen LogP contribution is 2.26. The molecule has 1 rings (SSSR count). The monoisotopic (exact) mass is 252 g/mol. The van der Waals surface area contributed by atoms with Crippen molar-refractivity contribution in [2.75, 3.05) is 13.1 Å². The summed E-state index contributed by atoms with van der Waals surface area (Å²) < 4.78 is 0. The first-order valence-electron chi connectivity index (χ1n) is 7.91. The molecule has 1 fully saturated rings. The van der Waals surface area contributed by atoms with Gasteiger partial charge in [0.05, 0.1) is 0 Å². The summed E-state index contributed by atoms with van der Waals surface area (Å²) in [7, 11) is 0. The molecule has 0 amide bonds. The minimum Gasteiger partial charge on any atom is -0.389 e. The Balaban J connectivity index is 2.22. The molecule has 2 nitrogen and oxygen atoms in total. The average Bonchev–Trinajstić information content (AvgIpc) is 2.32. The first-order valence-corrected chi connectivity index (χ1v) is 7.91. The smallest absolute Gasteiger partial charge is 0.0141 e. The molecule has 0 aliphatic heterocycles. The molecule has 106 valence electrons. The van der Waals surface area contributed by atoms with Crippen molar-refractivity contribution in [3.05, 3.63) is 12.3 Å². The summed E-state index contributed by atoms with van der Waals surface area (Å²) in [6.45, 7) is 10.8. The molecule has 2 N–H and O–H groups in total. The fraction of sp³-hybridized carbons (Fsp3) is 0.875. The molecule has 0 atom stereocenters. The summed E-state index contributed by atoms with van der Waals surface area (Å²) in [5, 5.41) is 7.04. The van der Waals surface area contributed by atoms with Gasteiger partial charge in [-0.05, 0) is 38.1 Å². The van der Waals surface area contributed by atoms with Gasteiger partial charge in [0.15, 0.2) is 0 Å². The van der Waals surface area contributed by atoms with Crippen LogP contribution in [-0.4, -0.2) is 19.1 Å². The van der Waals surface area contributed by atoms with E-state index in [1.54, 1.807) is 0 Å². The zero-order valence-electron chi connectivity index (χ0n) is 12.4. The molecule has 1 aliphatic carbocycles. The van der Waals surface area contributed by atoms with Crippen LogP contribution in [0.15, 0.2) is 12.3 Å². The number of hydrogen-bond acceptors (Lipinski definition) is 2. The second kappa shape index (κ2) is 9.43. The molecule has 0 unspecified atom stereocenters. The molecule has 2 heteroatoms. The zero-order chi connectivity index (χ0) is 13.2. The van der Waals surface area contributed by atoms with Gasteiger partial charge in [-0.15, -0.1) is 0 Å². The van der Waals surface area contributed by atoms with Crippen LogP contribution in [0.25, 0.3) is 0 Å². The lowest BCUT2D eigenvalue weighted by atomic mass is 9.86. The van der Waals surface area contributed by atoms with E-state index in [-0.39, 0.29) is 0 Å². The molecule has 0 radical (unpaired) electrons. The minimum absolute atomic E-state index is 0.775. The standard InChI is InChI=1S/C16H32N2/c1-4-12-18-14(3)13-15-8-6-10-16(17-5-2)11-7-9-15/h15-18H,3-13H2,1-2H3. The van der Waals surface area contributed by atoms with E-state index in [2.05, 4.69) is 31.1 Å². The Morgan fingerprint density at radius 1 is 1.11 bits per heavy atom. The Morgan fingerprint density at radius 3 is 2.33 bits per heavy atom. The van der Waals surface area contributed by atoms with E-state index < -0.39 is 0 Å². The highest BCUT2D eigenvalue weighted by atomic mass is 14.9. The first kappa shape index (κ1) is 15.6. The summed E-state index contributed by atoms with van der Waals surface area (Å²) in [5.41, 5.74) is 1.26. The van der Waals surface area contributed by atoms with E-state index in [0.29, 0.717) is 0 Å². The molecule has 0 heterocycles. The Kier molecular flexibility index (Phi) is 8.15. The normalized spacial score (nSPS) is 25.2. The van der Waals surface area contributed by atoms with Crippen molar-refractivity contribution in [3.8, 4) is 0 Å². The Bertz CT molecular complexity index is 215. The molecule has 0 aromatic heterocycles. The highest BCUT2D eigenvalue weighted by Gasteiger charge is 2.16.